The molecule has 3 rings (SSSR count). The number of aromatic amines is 1. The van der Waals surface area contributed by atoms with Gasteiger partial charge in [-0.3, -0.25) is 0 Å². The lowest BCUT2D eigenvalue weighted by Gasteiger charge is -2.29. The van der Waals surface area contributed by atoms with Crippen LogP contribution in [0.1, 0.15) is 17.6 Å². The minimum atomic E-state index is 0.270. The second kappa shape index (κ2) is 4.59. The molecule has 1 fully saturated rings. The molecule has 1 saturated heterocycles. The Bertz CT molecular complexity index is 517. The normalized spacial score (nSPS) is 21.3. The van der Waals surface area contributed by atoms with Gasteiger partial charge in [0.1, 0.15) is 11.5 Å². The maximum atomic E-state index is 5.41. The van der Waals surface area contributed by atoms with Crippen molar-refractivity contribution in [2.45, 2.75) is 13.0 Å². The first-order valence-corrected chi connectivity index (χ1v) is 6.26. The van der Waals surface area contributed by atoms with Gasteiger partial charge < -0.3 is 19.6 Å². The molecule has 2 N–H and O–H groups in total. The Morgan fingerprint density at radius 3 is 3.11 bits per heavy atom. The number of rotatable bonds is 2. The molecule has 1 aliphatic rings. The van der Waals surface area contributed by atoms with Gasteiger partial charge in [0.15, 0.2) is 5.76 Å². The summed E-state index contributed by atoms with van der Waals surface area (Å²) in [4.78, 5) is 10.3. The van der Waals surface area contributed by atoms with E-state index in [4.69, 9.17) is 4.42 Å². The third kappa shape index (κ3) is 2.07. The number of likely N-dealkylation sites (N-methyl/N-ethyl adjacent to an activating group) is 1. The molecule has 0 amide bonds. The molecule has 0 saturated carbocycles. The van der Waals surface area contributed by atoms with E-state index in [0.717, 1.165) is 42.6 Å². The molecule has 5 nitrogen and oxygen atoms in total. The largest absolute Gasteiger partial charge is 0.463 e. The molecule has 0 aromatic carbocycles. The summed E-state index contributed by atoms with van der Waals surface area (Å²) >= 11 is 0. The number of aryl methyl sites for hydroxylation is 1. The van der Waals surface area contributed by atoms with Gasteiger partial charge in [-0.2, -0.15) is 0 Å². The van der Waals surface area contributed by atoms with Crippen LogP contribution in [-0.2, 0) is 0 Å². The monoisotopic (exact) mass is 246 g/mol. The van der Waals surface area contributed by atoms with Crippen LogP contribution in [-0.4, -0.2) is 41.5 Å². The highest BCUT2D eigenvalue weighted by molar-refractivity contribution is 5.55. The predicted molar refractivity (Wildman–Crippen MR) is 69.3 cm³/mol. The van der Waals surface area contributed by atoms with Crippen LogP contribution in [0.2, 0.25) is 0 Å². The maximum absolute atomic E-state index is 5.41. The van der Waals surface area contributed by atoms with E-state index in [9.17, 15) is 0 Å². The number of piperazine rings is 1. The highest BCUT2D eigenvalue weighted by Crippen LogP contribution is 2.24. The highest BCUT2D eigenvalue weighted by Gasteiger charge is 2.22. The van der Waals surface area contributed by atoms with Crippen molar-refractivity contribution in [3.63, 3.8) is 0 Å². The van der Waals surface area contributed by atoms with Crippen LogP contribution in [0.15, 0.2) is 22.8 Å². The molecule has 1 atom stereocenters. The number of hydrogen-bond donors (Lipinski definition) is 2. The number of hydrogen-bond acceptors (Lipinski definition) is 4. The summed E-state index contributed by atoms with van der Waals surface area (Å²) in [6.07, 6.45) is 1.68. The van der Waals surface area contributed by atoms with Crippen molar-refractivity contribution in [3.05, 3.63) is 29.9 Å². The smallest absolute Gasteiger partial charge is 0.154 e. The van der Waals surface area contributed by atoms with E-state index >= 15 is 0 Å². The van der Waals surface area contributed by atoms with Crippen molar-refractivity contribution >= 4 is 0 Å². The van der Waals surface area contributed by atoms with Gasteiger partial charge in [-0.1, -0.05) is 0 Å². The van der Waals surface area contributed by atoms with E-state index in [0.29, 0.717) is 0 Å². The van der Waals surface area contributed by atoms with E-state index in [1.807, 2.05) is 19.1 Å². The first-order chi connectivity index (χ1) is 8.74. The first kappa shape index (κ1) is 11.5. The van der Waals surface area contributed by atoms with Crippen molar-refractivity contribution in [2.24, 2.45) is 0 Å². The molecule has 18 heavy (non-hydrogen) atoms. The van der Waals surface area contributed by atoms with Crippen molar-refractivity contribution in [2.75, 3.05) is 26.7 Å². The van der Waals surface area contributed by atoms with Gasteiger partial charge in [0.05, 0.1) is 12.3 Å². The molecule has 2 aromatic rings. The number of nitrogens with one attached hydrogen (secondary N) is 2. The summed E-state index contributed by atoms with van der Waals surface area (Å²) in [7, 11) is 2.14. The number of nitrogens with zero attached hydrogens (tertiary/aromatic N) is 2. The molecular formula is C13H18N4O. The Labute approximate surface area is 106 Å². The van der Waals surface area contributed by atoms with Crippen molar-refractivity contribution < 1.29 is 4.42 Å². The SMILES string of the molecule is Cc1[nH]c(C2CN(C)CCN2)nc1-c1ccco1. The van der Waals surface area contributed by atoms with Crippen LogP contribution in [0.5, 0.6) is 0 Å². The number of furan rings is 1. The van der Waals surface area contributed by atoms with Gasteiger partial charge in [0, 0.05) is 25.3 Å². The molecule has 3 heterocycles. The van der Waals surface area contributed by atoms with Gasteiger partial charge in [-0.25, -0.2) is 4.98 Å². The summed E-state index contributed by atoms with van der Waals surface area (Å²) in [5, 5.41) is 3.49. The van der Waals surface area contributed by atoms with Gasteiger partial charge in [0.25, 0.3) is 0 Å². The zero-order chi connectivity index (χ0) is 12.5. The van der Waals surface area contributed by atoms with Gasteiger partial charge in [-0.15, -0.1) is 0 Å². The second-order valence-electron chi connectivity index (χ2n) is 4.84. The third-order valence-electron chi connectivity index (χ3n) is 3.37. The zero-order valence-electron chi connectivity index (χ0n) is 10.7. The summed E-state index contributed by atoms with van der Waals surface area (Å²) in [5.41, 5.74) is 1.96. The van der Waals surface area contributed by atoms with E-state index < -0.39 is 0 Å². The molecule has 5 heteroatoms. The van der Waals surface area contributed by atoms with E-state index in [1.54, 1.807) is 6.26 Å². The number of imidazole rings is 1. The van der Waals surface area contributed by atoms with Crippen LogP contribution in [0.4, 0.5) is 0 Å². The average molecular weight is 246 g/mol. The van der Waals surface area contributed by atoms with E-state index in [2.05, 4.69) is 27.2 Å². The van der Waals surface area contributed by atoms with Crippen LogP contribution in [0.3, 0.4) is 0 Å². The molecule has 1 aliphatic heterocycles. The van der Waals surface area contributed by atoms with Crippen molar-refractivity contribution in [1.82, 2.24) is 20.2 Å². The molecule has 0 aliphatic carbocycles. The average Bonchev–Trinajstić information content (AvgIpc) is 2.97. The topological polar surface area (TPSA) is 57.1 Å². The summed E-state index contributed by atoms with van der Waals surface area (Å²) in [6.45, 7) is 5.09. The Morgan fingerprint density at radius 2 is 2.39 bits per heavy atom. The second-order valence-corrected chi connectivity index (χ2v) is 4.84. The summed E-state index contributed by atoms with van der Waals surface area (Å²) < 4.78 is 5.41. The third-order valence-corrected chi connectivity index (χ3v) is 3.37. The fraction of sp³-hybridized carbons (Fsp3) is 0.462. The van der Waals surface area contributed by atoms with Crippen molar-refractivity contribution in [1.29, 1.82) is 0 Å². The standard InChI is InChI=1S/C13H18N4O/c1-9-12(11-4-3-7-18-11)16-13(15-9)10-8-17(2)6-5-14-10/h3-4,7,10,14H,5-6,8H2,1-2H3,(H,15,16). The first-order valence-electron chi connectivity index (χ1n) is 6.26. The highest BCUT2D eigenvalue weighted by atomic mass is 16.3. The molecule has 96 valence electrons. The fourth-order valence-electron chi connectivity index (χ4n) is 2.38. The van der Waals surface area contributed by atoms with E-state index in [-0.39, 0.29) is 6.04 Å². The summed E-state index contributed by atoms with van der Waals surface area (Å²) in [5.74, 6) is 1.81. The zero-order valence-corrected chi connectivity index (χ0v) is 10.7. The minimum Gasteiger partial charge on any atom is -0.463 e. The number of aromatic nitrogens is 2. The molecule has 0 radical (unpaired) electrons. The lowest BCUT2D eigenvalue weighted by Crippen LogP contribution is -2.44. The molecule has 1 unspecified atom stereocenters. The predicted octanol–water partition coefficient (Wildman–Crippen LogP) is 1.55. The van der Waals surface area contributed by atoms with Crippen LogP contribution in [0, 0.1) is 6.92 Å². The fourth-order valence-corrected chi connectivity index (χ4v) is 2.38. The number of H-pyrrole nitrogens is 1. The Morgan fingerprint density at radius 1 is 1.50 bits per heavy atom. The molecule has 2 aromatic heterocycles. The van der Waals surface area contributed by atoms with Crippen molar-refractivity contribution in [3.8, 4) is 11.5 Å². The minimum absolute atomic E-state index is 0.270. The lowest BCUT2D eigenvalue weighted by molar-refractivity contribution is 0.236. The van der Waals surface area contributed by atoms with Crippen LogP contribution in [0.25, 0.3) is 11.5 Å². The molecular weight excluding hydrogens is 228 g/mol. The Kier molecular flexibility index (Phi) is 2.93. The Balaban J connectivity index is 1.88. The van der Waals surface area contributed by atoms with Gasteiger partial charge in [0.2, 0.25) is 0 Å². The molecule has 0 spiro atoms. The Hall–Kier alpha value is -1.59. The van der Waals surface area contributed by atoms with Gasteiger partial charge in [-0.05, 0) is 26.1 Å². The lowest BCUT2D eigenvalue weighted by atomic mass is 10.2. The maximum Gasteiger partial charge on any atom is 0.154 e. The molecule has 0 bridgehead atoms. The van der Waals surface area contributed by atoms with Crippen LogP contribution >= 0.6 is 0 Å². The van der Waals surface area contributed by atoms with Crippen LogP contribution < -0.4 is 5.32 Å². The van der Waals surface area contributed by atoms with Gasteiger partial charge >= 0.3 is 0 Å². The quantitative estimate of drug-likeness (QED) is 0.844. The summed E-state index contributed by atoms with van der Waals surface area (Å²) in [6, 6.07) is 4.09. The van der Waals surface area contributed by atoms with E-state index in [1.165, 1.54) is 0 Å².